The second-order valence-corrected chi connectivity index (χ2v) is 8.71. The molecule has 1 atom stereocenters. The monoisotopic (exact) mass is 463 g/mol. The molecule has 0 aliphatic rings. The third-order valence-corrected chi connectivity index (χ3v) is 4.90. The molecule has 28 heavy (non-hydrogen) atoms. The standard InChI is InChI=1S/C17H20Cl3N5O2S/c1-4-12(26)21-15(17(18,19)20)23-16(28)22-13-10(2)24(3)25(14(13)27)11-8-6-5-7-9-11/h5-9,15H,4H2,1-3H3,(H,21,26)(H2,22,23,28)/t15-/m1/s1. The van der Waals surface area contributed by atoms with Gasteiger partial charge < -0.3 is 16.0 Å². The molecule has 0 bridgehead atoms. The molecule has 152 valence electrons. The van der Waals surface area contributed by atoms with E-state index in [1.807, 2.05) is 30.3 Å². The predicted octanol–water partition coefficient (Wildman–Crippen LogP) is 2.99. The van der Waals surface area contributed by atoms with E-state index in [1.165, 1.54) is 4.68 Å². The molecule has 0 saturated heterocycles. The molecule has 1 amide bonds. The van der Waals surface area contributed by atoms with Crippen LogP contribution in [0, 0.1) is 6.92 Å². The number of halogens is 3. The quantitative estimate of drug-likeness (QED) is 0.360. The average molecular weight is 465 g/mol. The van der Waals surface area contributed by atoms with Crippen molar-refractivity contribution in [2.24, 2.45) is 7.05 Å². The number of hydrogen-bond donors (Lipinski definition) is 3. The number of nitrogens with one attached hydrogen (secondary N) is 3. The Balaban J connectivity index is 2.27. The highest BCUT2D eigenvalue weighted by molar-refractivity contribution is 7.80. The molecule has 7 nitrogen and oxygen atoms in total. The highest BCUT2D eigenvalue weighted by Crippen LogP contribution is 2.29. The SMILES string of the molecule is CCC(=O)N[C@H](NC(=S)Nc1c(C)n(C)n(-c2ccccc2)c1=O)C(Cl)(Cl)Cl. The van der Waals surface area contributed by atoms with E-state index in [0.717, 1.165) is 0 Å². The van der Waals surface area contributed by atoms with E-state index >= 15 is 0 Å². The van der Waals surface area contributed by atoms with Gasteiger partial charge in [-0.05, 0) is 31.3 Å². The van der Waals surface area contributed by atoms with Crippen molar-refractivity contribution in [1.82, 2.24) is 20.0 Å². The summed E-state index contributed by atoms with van der Waals surface area (Å²) < 4.78 is 1.35. The van der Waals surface area contributed by atoms with Gasteiger partial charge in [0.2, 0.25) is 9.70 Å². The first kappa shape index (κ1) is 22.5. The Labute approximate surface area is 182 Å². The summed E-state index contributed by atoms with van der Waals surface area (Å²) in [4.78, 5) is 24.6. The summed E-state index contributed by atoms with van der Waals surface area (Å²) in [5.41, 5.74) is 1.34. The molecular formula is C17H20Cl3N5O2S. The number of nitrogens with zero attached hydrogens (tertiary/aromatic N) is 2. The van der Waals surface area contributed by atoms with E-state index in [-0.39, 0.29) is 28.7 Å². The fourth-order valence-electron chi connectivity index (χ4n) is 2.46. The van der Waals surface area contributed by atoms with Crippen LogP contribution in [-0.2, 0) is 11.8 Å². The molecule has 1 heterocycles. The zero-order chi connectivity index (χ0) is 21.1. The van der Waals surface area contributed by atoms with E-state index in [1.54, 1.807) is 25.6 Å². The van der Waals surface area contributed by atoms with E-state index in [9.17, 15) is 9.59 Å². The molecule has 0 fully saturated rings. The number of hydrogen-bond acceptors (Lipinski definition) is 3. The van der Waals surface area contributed by atoms with E-state index in [0.29, 0.717) is 11.4 Å². The van der Waals surface area contributed by atoms with Crippen molar-refractivity contribution in [3.8, 4) is 5.69 Å². The van der Waals surface area contributed by atoms with Crippen molar-refractivity contribution in [3.05, 3.63) is 46.4 Å². The lowest BCUT2D eigenvalue weighted by molar-refractivity contribution is -0.121. The maximum atomic E-state index is 12.9. The van der Waals surface area contributed by atoms with Crippen molar-refractivity contribution >= 4 is 63.7 Å². The minimum atomic E-state index is -1.85. The Morgan fingerprint density at radius 3 is 2.36 bits per heavy atom. The first-order valence-electron chi connectivity index (χ1n) is 8.33. The highest BCUT2D eigenvalue weighted by atomic mass is 35.6. The number of alkyl halides is 3. The lowest BCUT2D eigenvalue weighted by atomic mass is 10.3. The van der Waals surface area contributed by atoms with Gasteiger partial charge in [-0.3, -0.25) is 14.3 Å². The van der Waals surface area contributed by atoms with Gasteiger partial charge in [-0.1, -0.05) is 59.9 Å². The summed E-state index contributed by atoms with van der Waals surface area (Å²) in [7, 11) is 1.76. The van der Waals surface area contributed by atoms with Gasteiger partial charge in [-0.2, -0.15) is 0 Å². The number of amides is 1. The Morgan fingerprint density at radius 1 is 1.21 bits per heavy atom. The van der Waals surface area contributed by atoms with Gasteiger partial charge in [0.15, 0.2) is 5.11 Å². The first-order valence-corrected chi connectivity index (χ1v) is 9.88. The first-order chi connectivity index (χ1) is 13.1. The molecular weight excluding hydrogens is 445 g/mol. The molecule has 11 heteroatoms. The van der Waals surface area contributed by atoms with Gasteiger partial charge in [0.25, 0.3) is 5.56 Å². The van der Waals surface area contributed by atoms with Crippen molar-refractivity contribution in [2.75, 3.05) is 5.32 Å². The molecule has 0 saturated carbocycles. The van der Waals surface area contributed by atoms with Crippen LogP contribution in [0.15, 0.2) is 35.1 Å². The van der Waals surface area contributed by atoms with Gasteiger partial charge in [-0.25, -0.2) is 4.68 Å². The number of rotatable bonds is 5. The molecule has 3 N–H and O–H groups in total. The lowest BCUT2D eigenvalue weighted by Crippen LogP contribution is -2.56. The van der Waals surface area contributed by atoms with E-state index in [2.05, 4.69) is 16.0 Å². The minimum absolute atomic E-state index is 0.0266. The molecule has 1 aromatic heterocycles. The maximum Gasteiger partial charge on any atom is 0.295 e. The topological polar surface area (TPSA) is 80.1 Å². The third-order valence-electron chi connectivity index (χ3n) is 4.02. The fourth-order valence-corrected chi connectivity index (χ4v) is 3.00. The van der Waals surface area contributed by atoms with Crippen molar-refractivity contribution < 1.29 is 4.79 Å². The second-order valence-electron chi connectivity index (χ2n) is 5.93. The molecule has 0 unspecified atom stereocenters. The third kappa shape index (κ3) is 5.20. The van der Waals surface area contributed by atoms with Crippen LogP contribution in [0.1, 0.15) is 19.0 Å². The molecule has 2 aromatic rings. The number of benzene rings is 1. The Kier molecular flexibility index (Phi) is 7.39. The zero-order valence-corrected chi connectivity index (χ0v) is 18.5. The van der Waals surface area contributed by atoms with Crippen LogP contribution in [0.4, 0.5) is 5.69 Å². The number of carbonyl (C=O) groups excluding carboxylic acids is 1. The van der Waals surface area contributed by atoms with Crippen LogP contribution in [0.5, 0.6) is 0 Å². The molecule has 1 aromatic carbocycles. The zero-order valence-electron chi connectivity index (χ0n) is 15.4. The highest BCUT2D eigenvalue weighted by Gasteiger charge is 2.34. The molecule has 0 aliphatic heterocycles. The van der Waals surface area contributed by atoms with Crippen LogP contribution >= 0.6 is 47.0 Å². The van der Waals surface area contributed by atoms with Crippen LogP contribution in [0.2, 0.25) is 0 Å². The minimum Gasteiger partial charge on any atom is -0.339 e. The summed E-state index contributed by atoms with van der Waals surface area (Å²) in [5.74, 6) is -0.325. The second kappa shape index (κ2) is 9.17. The van der Waals surface area contributed by atoms with Crippen LogP contribution < -0.4 is 21.5 Å². The lowest BCUT2D eigenvalue weighted by Gasteiger charge is -2.27. The summed E-state index contributed by atoms with van der Waals surface area (Å²) in [6.45, 7) is 3.44. The smallest absolute Gasteiger partial charge is 0.295 e. The summed E-state index contributed by atoms with van der Waals surface area (Å²) >= 11 is 23.0. The molecule has 0 radical (unpaired) electrons. The van der Waals surface area contributed by atoms with Crippen molar-refractivity contribution in [2.45, 2.75) is 30.2 Å². The normalized spacial score (nSPS) is 12.4. The Morgan fingerprint density at radius 2 is 1.82 bits per heavy atom. The van der Waals surface area contributed by atoms with Gasteiger partial charge in [0.05, 0.1) is 11.4 Å². The number of aromatic nitrogens is 2. The molecule has 0 aliphatic carbocycles. The Hall–Kier alpha value is -1.74. The fraction of sp³-hybridized carbons (Fsp3) is 0.353. The largest absolute Gasteiger partial charge is 0.339 e. The van der Waals surface area contributed by atoms with Gasteiger partial charge >= 0.3 is 0 Å². The maximum absolute atomic E-state index is 12.9. The van der Waals surface area contributed by atoms with E-state index < -0.39 is 9.96 Å². The average Bonchev–Trinajstić information content (AvgIpc) is 2.84. The van der Waals surface area contributed by atoms with E-state index in [4.69, 9.17) is 47.0 Å². The van der Waals surface area contributed by atoms with Crippen molar-refractivity contribution in [3.63, 3.8) is 0 Å². The predicted molar refractivity (Wildman–Crippen MR) is 118 cm³/mol. The van der Waals surface area contributed by atoms with Crippen LogP contribution in [0.3, 0.4) is 0 Å². The number of thiocarbonyl (C=S) groups is 1. The number of para-hydroxylation sites is 1. The molecule has 2 rings (SSSR count). The van der Waals surface area contributed by atoms with Gasteiger partial charge in [0.1, 0.15) is 11.9 Å². The summed E-state index contributed by atoms with van der Waals surface area (Å²) in [5, 5.41) is 8.13. The van der Waals surface area contributed by atoms with Crippen LogP contribution in [0.25, 0.3) is 5.69 Å². The van der Waals surface area contributed by atoms with Gasteiger partial charge in [0, 0.05) is 13.5 Å². The number of carbonyl (C=O) groups is 1. The Bertz CT molecular complexity index is 921. The summed E-state index contributed by atoms with van der Waals surface area (Å²) in [6.07, 6.45) is -0.871. The molecule has 0 spiro atoms. The van der Waals surface area contributed by atoms with Crippen molar-refractivity contribution in [1.29, 1.82) is 0 Å². The number of anilines is 1. The van der Waals surface area contributed by atoms with Crippen LogP contribution in [-0.4, -0.2) is 30.3 Å². The summed E-state index contributed by atoms with van der Waals surface area (Å²) in [6, 6.07) is 9.18. The van der Waals surface area contributed by atoms with Gasteiger partial charge in [-0.15, -0.1) is 0 Å².